The number of unbranched alkanes of at least 4 members (excludes halogenated alkanes) is 1. The zero-order valence-electron chi connectivity index (χ0n) is 10.1. The fourth-order valence-electron chi connectivity index (χ4n) is 1.48. The molecule has 0 fully saturated rings. The number of aliphatic hydroxyl groups excluding tert-OH is 1. The van der Waals surface area contributed by atoms with Crippen molar-refractivity contribution in [1.29, 1.82) is 0 Å². The number of aliphatic carboxylic acids is 1. The highest BCUT2D eigenvalue weighted by molar-refractivity contribution is 5.90. The zero-order valence-corrected chi connectivity index (χ0v) is 10.1. The summed E-state index contributed by atoms with van der Waals surface area (Å²) in [7, 11) is 0. The molecule has 0 aliphatic heterocycles. The van der Waals surface area contributed by atoms with Gasteiger partial charge in [0.2, 0.25) is 5.91 Å². The van der Waals surface area contributed by atoms with Gasteiger partial charge in [-0.15, -0.1) is 0 Å². The van der Waals surface area contributed by atoms with Gasteiger partial charge in [0.05, 0.1) is 6.61 Å². The van der Waals surface area contributed by atoms with Gasteiger partial charge in [-0.2, -0.15) is 0 Å². The minimum absolute atomic E-state index is 0.0244. The van der Waals surface area contributed by atoms with Crippen molar-refractivity contribution in [2.75, 3.05) is 5.32 Å². The number of nitrogens with one attached hydrogen (secondary N) is 1. The van der Waals surface area contributed by atoms with Crippen molar-refractivity contribution in [3.8, 4) is 0 Å². The number of hydrogen-bond acceptors (Lipinski definition) is 3. The Kier molecular flexibility index (Phi) is 5.87. The van der Waals surface area contributed by atoms with E-state index in [4.69, 9.17) is 10.2 Å². The second kappa shape index (κ2) is 7.45. The average molecular weight is 251 g/mol. The maximum Gasteiger partial charge on any atom is 0.303 e. The molecule has 1 amide bonds. The normalized spacial score (nSPS) is 10.1. The molecule has 5 nitrogen and oxygen atoms in total. The lowest BCUT2D eigenvalue weighted by Gasteiger charge is -2.05. The lowest BCUT2D eigenvalue weighted by Crippen LogP contribution is -2.11. The smallest absolute Gasteiger partial charge is 0.303 e. The van der Waals surface area contributed by atoms with Crippen LogP contribution < -0.4 is 5.32 Å². The molecular weight excluding hydrogens is 234 g/mol. The van der Waals surface area contributed by atoms with Gasteiger partial charge in [0, 0.05) is 18.5 Å². The predicted molar refractivity (Wildman–Crippen MR) is 67.1 cm³/mol. The molecule has 1 aromatic rings. The molecule has 1 rings (SSSR count). The van der Waals surface area contributed by atoms with Crippen molar-refractivity contribution in [2.24, 2.45) is 0 Å². The average Bonchev–Trinajstić information content (AvgIpc) is 2.35. The summed E-state index contributed by atoms with van der Waals surface area (Å²) >= 11 is 0. The molecule has 98 valence electrons. The molecule has 18 heavy (non-hydrogen) atoms. The first-order valence-corrected chi connectivity index (χ1v) is 5.83. The van der Waals surface area contributed by atoms with Crippen molar-refractivity contribution in [3.05, 3.63) is 29.8 Å². The van der Waals surface area contributed by atoms with E-state index in [1.807, 2.05) is 0 Å². The molecule has 0 aliphatic rings. The second-order valence-corrected chi connectivity index (χ2v) is 4.00. The van der Waals surface area contributed by atoms with Crippen LogP contribution in [0.2, 0.25) is 0 Å². The summed E-state index contributed by atoms with van der Waals surface area (Å²) in [6.45, 7) is -0.0244. The van der Waals surface area contributed by atoms with Gasteiger partial charge in [-0.3, -0.25) is 9.59 Å². The van der Waals surface area contributed by atoms with Gasteiger partial charge in [0.25, 0.3) is 0 Å². The SMILES string of the molecule is O=C(O)CCCCC(=O)Nc1ccc(CO)cc1. The van der Waals surface area contributed by atoms with Crippen LogP contribution in [-0.2, 0) is 16.2 Å². The van der Waals surface area contributed by atoms with E-state index in [2.05, 4.69) is 5.32 Å². The lowest BCUT2D eigenvalue weighted by atomic mass is 10.2. The largest absolute Gasteiger partial charge is 0.481 e. The summed E-state index contributed by atoms with van der Waals surface area (Å²) in [5.74, 6) is -0.966. The molecule has 0 heterocycles. The van der Waals surface area contributed by atoms with Gasteiger partial charge >= 0.3 is 5.97 Å². The Morgan fingerprint density at radius 1 is 1.06 bits per heavy atom. The first-order valence-electron chi connectivity index (χ1n) is 5.83. The molecule has 0 saturated carbocycles. The summed E-state index contributed by atoms with van der Waals surface area (Å²) in [4.78, 5) is 21.8. The minimum atomic E-state index is -0.838. The molecule has 0 radical (unpaired) electrons. The van der Waals surface area contributed by atoms with E-state index in [1.54, 1.807) is 24.3 Å². The number of benzene rings is 1. The molecule has 0 aromatic heterocycles. The van der Waals surface area contributed by atoms with Gasteiger partial charge in [0.15, 0.2) is 0 Å². The summed E-state index contributed by atoms with van der Waals surface area (Å²) in [6, 6.07) is 6.92. The Bertz CT molecular complexity index is 400. The van der Waals surface area contributed by atoms with Crippen molar-refractivity contribution < 1.29 is 19.8 Å². The van der Waals surface area contributed by atoms with E-state index in [1.165, 1.54) is 0 Å². The maximum absolute atomic E-state index is 11.5. The number of carbonyl (C=O) groups is 2. The van der Waals surface area contributed by atoms with Gasteiger partial charge in [0.1, 0.15) is 0 Å². The fraction of sp³-hybridized carbons (Fsp3) is 0.385. The molecule has 0 saturated heterocycles. The van der Waals surface area contributed by atoms with Crippen LogP contribution in [0.1, 0.15) is 31.2 Å². The summed E-state index contributed by atoms with van der Waals surface area (Å²) < 4.78 is 0. The molecule has 0 atom stereocenters. The Morgan fingerprint density at radius 3 is 2.22 bits per heavy atom. The van der Waals surface area contributed by atoms with Crippen LogP contribution in [0.5, 0.6) is 0 Å². The zero-order chi connectivity index (χ0) is 13.4. The molecule has 1 aromatic carbocycles. The van der Waals surface area contributed by atoms with Gasteiger partial charge in [-0.05, 0) is 30.5 Å². The highest BCUT2D eigenvalue weighted by Gasteiger charge is 2.03. The number of amides is 1. The Labute approximate surface area is 105 Å². The van der Waals surface area contributed by atoms with Crippen LogP contribution in [0.25, 0.3) is 0 Å². The lowest BCUT2D eigenvalue weighted by molar-refractivity contribution is -0.137. The van der Waals surface area contributed by atoms with Crippen molar-refractivity contribution in [2.45, 2.75) is 32.3 Å². The molecule has 0 spiro atoms. The third-order valence-corrected chi connectivity index (χ3v) is 2.46. The number of aliphatic hydroxyl groups is 1. The molecule has 0 unspecified atom stereocenters. The van der Waals surface area contributed by atoms with Crippen molar-refractivity contribution >= 4 is 17.6 Å². The van der Waals surface area contributed by atoms with Crippen molar-refractivity contribution in [1.82, 2.24) is 0 Å². The standard InChI is InChI=1S/C13H17NO4/c15-9-10-5-7-11(8-6-10)14-12(16)3-1-2-4-13(17)18/h5-8,15H,1-4,9H2,(H,14,16)(H,17,18). The number of carboxylic acid groups (broad SMARTS) is 1. The molecule has 0 bridgehead atoms. The second-order valence-electron chi connectivity index (χ2n) is 4.00. The summed E-state index contributed by atoms with van der Waals surface area (Å²) in [5.41, 5.74) is 1.46. The van der Waals surface area contributed by atoms with Gasteiger partial charge in [-0.25, -0.2) is 0 Å². The van der Waals surface area contributed by atoms with Crippen LogP contribution in [-0.4, -0.2) is 22.1 Å². The van der Waals surface area contributed by atoms with E-state index >= 15 is 0 Å². The van der Waals surface area contributed by atoms with Crippen LogP contribution in [0.15, 0.2) is 24.3 Å². The quantitative estimate of drug-likeness (QED) is 0.644. The Hall–Kier alpha value is -1.88. The van der Waals surface area contributed by atoms with Crippen LogP contribution >= 0.6 is 0 Å². The van der Waals surface area contributed by atoms with Crippen LogP contribution in [0.3, 0.4) is 0 Å². The summed E-state index contributed by atoms with van der Waals surface area (Å²) in [5, 5.41) is 20.0. The van der Waals surface area contributed by atoms with Crippen molar-refractivity contribution in [3.63, 3.8) is 0 Å². The van der Waals surface area contributed by atoms with Gasteiger partial charge in [-0.1, -0.05) is 12.1 Å². The Morgan fingerprint density at radius 2 is 1.67 bits per heavy atom. The van der Waals surface area contributed by atoms with E-state index in [0.29, 0.717) is 24.9 Å². The van der Waals surface area contributed by atoms with Gasteiger partial charge < -0.3 is 15.5 Å². The predicted octanol–water partition coefficient (Wildman–Crippen LogP) is 1.76. The topological polar surface area (TPSA) is 86.6 Å². The number of carboxylic acids is 1. The fourth-order valence-corrected chi connectivity index (χ4v) is 1.48. The molecule has 3 N–H and O–H groups in total. The number of hydrogen-bond donors (Lipinski definition) is 3. The summed E-state index contributed by atoms with van der Waals surface area (Å²) in [6.07, 6.45) is 1.48. The molecule has 0 aliphatic carbocycles. The Balaban J connectivity index is 2.28. The number of anilines is 1. The minimum Gasteiger partial charge on any atom is -0.481 e. The first kappa shape index (κ1) is 14.2. The van der Waals surface area contributed by atoms with E-state index in [-0.39, 0.29) is 18.9 Å². The first-order chi connectivity index (χ1) is 8.61. The third-order valence-electron chi connectivity index (χ3n) is 2.46. The number of rotatable bonds is 7. The number of carbonyl (C=O) groups excluding carboxylic acids is 1. The van der Waals surface area contributed by atoms with Crippen LogP contribution in [0.4, 0.5) is 5.69 Å². The van der Waals surface area contributed by atoms with E-state index in [0.717, 1.165) is 5.56 Å². The maximum atomic E-state index is 11.5. The highest BCUT2D eigenvalue weighted by Crippen LogP contribution is 2.10. The molecule has 5 heteroatoms. The third kappa shape index (κ3) is 5.45. The van der Waals surface area contributed by atoms with Crippen LogP contribution in [0, 0.1) is 0 Å². The highest BCUT2D eigenvalue weighted by atomic mass is 16.4. The molecular formula is C13H17NO4. The monoisotopic (exact) mass is 251 g/mol. The van der Waals surface area contributed by atoms with E-state index in [9.17, 15) is 9.59 Å². The van der Waals surface area contributed by atoms with E-state index < -0.39 is 5.97 Å².